The van der Waals surface area contributed by atoms with Crippen LogP contribution in [0.3, 0.4) is 0 Å². The lowest BCUT2D eigenvalue weighted by Gasteiger charge is -2.07. The number of aromatic nitrogens is 2. The molecule has 3 N–H and O–H groups in total. The first-order chi connectivity index (χ1) is 10.1. The fourth-order valence-electron chi connectivity index (χ4n) is 2.26. The molecular weight excluding hydrogens is 333 g/mol. The van der Waals surface area contributed by atoms with Gasteiger partial charge in [0, 0.05) is 10.0 Å². The highest BCUT2D eigenvalue weighted by molar-refractivity contribution is 9.10. The Morgan fingerprint density at radius 1 is 1.14 bits per heavy atom. The van der Waals surface area contributed by atoms with E-state index in [0.29, 0.717) is 10.3 Å². The number of nitrogens with two attached hydrogens (primary N) is 1. The lowest BCUT2D eigenvalue weighted by atomic mass is 10.00. The van der Waals surface area contributed by atoms with Gasteiger partial charge in [0.05, 0.1) is 11.3 Å². The van der Waals surface area contributed by atoms with E-state index in [1.54, 1.807) is 6.07 Å². The maximum atomic E-state index is 13.3. The van der Waals surface area contributed by atoms with Gasteiger partial charge in [0.25, 0.3) is 0 Å². The van der Waals surface area contributed by atoms with Gasteiger partial charge in [-0.25, -0.2) is 4.39 Å². The number of halogens is 2. The van der Waals surface area contributed by atoms with Gasteiger partial charge in [-0.2, -0.15) is 5.10 Å². The minimum Gasteiger partial charge on any atom is -0.382 e. The van der Waals surface area contributed by atoms with E-state index < -0.39 is 0 Å². The molecule has 0 spiro atoms. The highest BCUT2D eigenvalue weighted by atomic mass is 79.9. The number of H-pyrrole nitrogens is 1. The van der Waals surface area contributed by atoms with E-state index in [4.69, 9.17) is 5.73 Å². The summed E-state index contributed by atoms with van der Waals surface area (Å²) in [6, 6.07) is 12.6. The van der Waals surface area contributed by atoms with Gasteiger partial charge in [-0.05, 0) is 46.6 Å². The average molecular weight is 346 g/mol. The lowest BCUT2D eigenvalue weighted by Crippen LogP contribution is -1.90. The quantitative estimate of drug-likeness (QED) is 0.716. The van der Waals surface area contributed by atoms with Crippen LogP contribution in [0.25, 0.3) is 22.4 Å². The molecule has 0 aliphatic heterocycles. The summed E-state index contributed by atoms with van der Waals surface area (Å²) >= 11 is 3.38. The van der Waals surface area contributed by atoms with Gasteiger partial charge in [0.15, 0.2) is 5.82 Å². The molecule has 0 bridgehead atoms. The largest absolute Gasteiger partial charge is 0.382 e. The SMILES string of the molecule is Cc1ccc(-c2c(N)n[nH]c2-c2ccc(F)cc2Br)cc1. The number of hydrogen-bond donors (Lipinski definition) is 2. The van der Waals surface area contributed by atoms with Crippen LogP contribution in [0, 0.1) is 12.7 Å². The number of nitrogen functional groups attached to an aromatic ring is 1. The van der Waals surface area contributed by atoms with Gasteiger partial charge < -0.3 is 5.73 Å². The first-order valence-electron chi connectivity index (χ1n) is 6.42. The Hall–Kier alpha value is -2.14. The lowest BCUT2D eigenvalue weighted by molar-refractivity contribution is 0.627. The zero-order valence-corrected chi connectivity index (χ0v) is 12.9. The van der Waals surface area contributed by atoms with E-state index in [0.717, 1.165) is 22.4 Å². The van der Waals surface area contributed by atoms with Crippen LogP contribution in [0.1, 0.15) is 5.56 Å². The zero-order valence-electron chi connectivity index (χ0n) is 11.3. The predicted molar refractivity (Wildman–Crippen MR) is 86.3 cm³/mol. The van der Waals surface area contributed by atoms with E-state index >= 15 is 0 Å². The Morgan fingerprint density at radius 3 is 2.52 bits per heavy atom. The van der Waals surface area contributed by atoms with Crippen molar-refractivity contribution in [1.82, 2.24) is 10.2 Å². The van der Waals surface area contributed by atoms with Crippen molar-refractivity contribution in [3.05, 3.63) is 58.3 Å². The zero-order chi connectivity index (χ0) is 15.0. The maximum absolute atomic E-state index is 13.3. The number of aryl methyl sites for hydroxylation is 1. The Balaban J connectivity index is 2.19. The van der Waals surface area contributed by atoms with Crippen molar-refractivity contribution in [2.75, 3.05) is 5.73 Å². The first-order valence-corrected chi connectivity index (χ1v) is 7.22. The summed E-state index contributed by atoms with van der Waals surface area (Å²) in [6.07, 6.45) is 0. The Labute approximate surface area is 130 Å². The van der Waals surface area contributed by atoms with Crippen molar-refractivity contribution < 1.29 is 4.39 Å². The van der Waals surface area contributed by atoms with Crippen molar-refractivity contribution in [3.63, 3.8) is 0 Å². The van der Waals surface area contributed by atoms with Crippen molar-refractivity contribution >= 4 is 21.7 Å². The summed E-state index contributed by atoms with van der Waals surface area (Å²) in [5, 5.41) is 7.03. The van der Waals surface area contributed by atoms with Crippen LogP contribution in [0.15, 0.2) is 46.9 Å². The maximum Gasteiger partial charge on any atom is 0.153 e. The van der Waals surface area contributed by atoms with Gasteiger partial charge in [-0.3, -0.25) is 5.10 Å². The van der Waals surface area contributed by atoms with Crippen LogP contribution < -0.4 is 5.73 Å². The Kier molecular flexibility index (Phi) is 3.51. The molecule has 3 rings (SSSR count). The molecule has 0 atom stereocenters. The second kappa shape index (κ2) is 5.33. The minimum atomic E-state index is -0.296. The van der Waals surface area contributed by atoms with Crippen LogP contribution in [-0.2, 0) is 0 Å². The molecule has 106 valence electrons. The number of aromatic amines is 1. The molecule has 1 heterocycles. The molecule has 0 fully saturated rings. The number of benzene rings is 2. The second-order valence-corrected chi connectivity index (χ2v) is 5.70. The van der Waals surface area contributed by atoms with Crippen LogP contribution in [0.2, 0.25) is 0 Å². The molecule has 1 aromatic heterocycles. The van der Waals surface area contributed by atoms with Gasteiger partial charge in [0.1, 0.15) is 5.82 Å². The molecule has 0 aliphatic carbocycles. The molecule has 0 saturated heterocycles. The molecular formula is C16H13BrFN3. The summed E-state index contributed by atoms with van der Waals surface area (Å²) in [6.45, 7) is 2.03. The summed E-state index contributed by atoms with van der Waals surface area (Å²) in [4.78, 5) is 0. The van der Waals surface area contributed by atoms with Crippen molar-refractivity contribution in [2.45, 2.75) is 6.92 Å². The molecule has 0 aliphatic rings. The van der Waals surface area contributed by atoms with Crippen LogP contribution >= 0.6 is 15.9 Å². The van der Waals surface area contributed by atoms with Crippen LogP contribution in [0.4, 0.5) is 10.2 Å². The minimum absolute atomic E-state index is 0.296. The summed E-state index contributed by atoms with van der Waals surface area (Å²) in [5.74, 6) is 0.125. The van der Waals surface area contributed by atoms with Gasteiger partial charge in [-0.1, -0.05) is 29.8 Å². The van der Waals surface area contributed by atoms with Gasteiger partial charge in [-0.15, -0.1) is 0 Å². The normalized spacial score (nSPS) is 10.8. The molecule has 3 aromatic rings. The molecule has 0 radical (unpaired) electrons. The molecule has 3 nitrogen and oxygen atoms in total. The standard InChI is InChI=1S/C16H13BrFN3/c1-9-2-4-10(5-3-9)14-15(20-21-16(14)19)12-7-6-11(18)8-13(12)17/h2-8H,1H3,(H3,19,20,21). The molecule has 0 amide bonds. The number of nitrogens with zero attached hydrogens (tertiary/aromatic N) is 1. The van der Waals surface area contributed by atoms with Crippen molar-refractivity contribution in [2.24, 2.45) is 0 Å². The number of rotatable bonds is 2. The van der Waals surface area contributed by atoms with E-state index in [1.807, 2.05) is 31.2 Å². The van der Waals surface area contributed by atoms with Gasteiger partial charge in [0.2, 0.25) is 0 Å². The molecule has 0 unspecified atom stereocenters. The topological polar surface area (TPSA) is 54.7 Å². The summed E-state index contributed by atoms with van der Waals surface area (Å²) < 4.78 is 13.9. The van der Waals surface area contributed by atoms with E-state index in [9.17, 15) is 4.39 Å². The number of anilines is 1. The smallest absolute Gasteiger partial charge is 0.153 e. The van der Waals surface area contributed by atoms with Crippen LogP contribution in [0.5, 0.6) is 0 Å². The highest BCUT2D eigenvalue weighted by Crippen LogP contribution is 2.38. The molecule has 2 aromatic carbocycles. The average Bonchev–Trinajstić information content (AvgIpc) is 2.82. The summed E-state index contributed by atoms with van der Waals surface area (Å²) in [7, 11) is 0. The third kappa shape index (κ3) is 2.56. The van der Waals surface area contributed by atoms with Crippen LogP contribution in [-0.4, -0.2) is 10.2 Å². The Bertz CT molecular complexity index is 794. The van der Waals surface area contributed by atoms with E-state index in [-0.39, 0.29) is 5.82 Å². The fourth-order valence-corrected chi connectivity index (χ4v) is 2.80. The third-order valence-electron chi connectivity index (χ3n) is 3.34. The first kappa shape index (κ1) is 13.8. The number of nitrogens with one attached hydrogen (secondary N) is 1. The molecule has 5 heteroatoms. The van der Waals surface area contributed by atoms with E-state index in [1.165, 1.54) is 17.7 Å². The van der Waals surface area contributed by atoms with Gasteiger partial charge >= 0.3 is 0 Å². The van der Waals surface area contributed by atoms with Crippen molar-refractivity contribution in [3.8, 4) is 22.4 Å². The summed E-state index contributed by atoms with van der Waals surface area (Å²) in [5.41, 5.74) is 10.5. The monoisotopic (exact) mass is 345 g/mol. The second-order valence-electron chi connectivity index (χ2n) is 4.85. The Morgan fingerprint density at radius 2 is 1.86 bits per heavy atom. The molecule has 21 heavy (non-hydrogen) atoms. The third-order valence-corrected chi connectivity index (χ3v) is 3.99. The van der Waals surface area contributed by atoms with Crippen molar-refractivity contribution in [1.29, 1.82) is 0 Å². The van der Waals surface area contributed by atoms with E-state index in [2.05, 4.69) is 26.1 Å². The highest BCUT2D eigenvalue weighted by Gasteiger charge is 2.16. The predicted octanol–water partition coefficient (Wildman–Crippen LogP) is 4.54. The molecule has 0 saturated carbocycles. The number of hydrogen-bond acceptors (Lipinski definition) is 2. The fraction of sp³-hybridized carbons (Fsp3) is 0.0625.